The van der Waals surface area contributed by atoms with Crippen molar-refractivity contribution in [3.63, 3.8) is 0 Å². The van der Waals surface area contributed by atoms with Crippen LogP contribution in [0.25, 0.3) is 0 Å². The second kappa shape index (κ2) is 5.76. The van der Waals surface area contributed by atoms with Crippen LogP contribution in [0.5, 0.6) is 0 Å². The monoisotopic (exact) mass is 307 g/mol. The van der Waals surface area contributed by atoms with E-state index in [4.69, 9.17) is 16.7 Å². The van der Waals surface area contributed by atoms with Crippen LogP contribution in [0.3, 0.4) is 0 Å². The number of hydrogen-bond donors (Lipinski definition) is 2. The highest BCUT2D eigenvalue weighted by Gasteiger charge is 2.19. The first kappa shape index (κ1) is 14.7. The van der Waals surface area contributed by atoms with Gasteiger partial charge in [0.15, 0.2) is 5.69 Å². The largest absolute Gasteiger partial charge is 0.477 e. The predicted molar refractivity (Wildman–Crippen MR) is 77.3 cm³/mol. The van der Waals surface area contributed by atoms with Crippen LogP contribution in [-0.4, -0.2) is 21.0 Å². The van der Waals surface area contributed by atoms with E-state index >= 15 is 0 Å². The lowest BCUT2D eigenvalue weighted by atomic mass is 10.2. The van der Waals surface area contributed by atoms with E-state index in [-0.39, 0.29) is 17.2 Å². The Morgan fingerprint density at radius 2 is 2.10 bits per heavy atom. The lowest BCUT2D eigenvalue weighted by Gasteiger charge is -2.10. The van der Waals surface area contributed by atoms with Crippen molar-refractivity contribution in [2.24, 2.45) is 0 Å². The van der Waals surface area contributed by atoms with Gasteiger partial charge in [0, 0.05) is 16.8 Å². The Bertz CT molecular complexity index is 733. The number of benzene rings is 1. The number of halogens is 1. The number of aromatic carboxylic acids is 1. The third-order valence-corrected chi connectivity index (χ3v) is 2.98. The Morgan fingerprint density at radius 1 is 1.38 bits per heavy atom. The molecule has 2 N–H and O–H groups in total. The Morgan fingerprint density at radius 3 is 2.71 bits per heavy atom. The van der Waals surface area contributed by atoms with Gasteiger partial charge in [-0.05, 0) is 30.7 Å². The Hall–Kier alpha value is -2.67. The van der Waals surface area contributed by atoms with Gasteiger partial charge in [0.05, 0.1) is 4.92 Å². The number of rotatable bonds is 4. The van der Waals surface area contributed by atoms with Crippen LogP contribution in [0, 0.1) is 17.0 Å². The average Bonchev–Trinajstić information content (AvgIpc) is 2.42. The number of aromatic nitrogens is 1. The highest BCUT2D eigenvalue weighted by atomic mass is 35.5. The van der Waals surface area contributed by atoms with Crippen LogP contribution in [0.1, 0.15) is 16.1 Å². The summed E-state index contributed by atoms with van der Waals surface area (Å²) in [5.41, 5.74) is 0.694. The molecule has 0 amide bonds. The summed E-state index contributed by atoms with van der Waals surface area (Å²) in [7, 11) is 0. The van der Waals surface area contributed by atoms with Crippen molar-refractivity contribution < 1.29 is 14.8 Å². The minimum Gasteiger partial charge on any atom is -0.477 e. The molecule has 0 atom stereocenters. The second-order valence-electron chi connectivity index (χ2n) is 4.21. The van der Waals surface area contributed by atoms with E-state index in [2.05, 4.69) is 10.3 Å². The van der Waals surface area contributed by atoms with Crippen LogP contribution in [0.2, 0.25) is 5.02 Å². The molecule has 0 aliphatic heterocycles. The molecular weight excluding hydrogens is 298 g/mol. The molecule has 0 spiro atoms. The van der Waals surface area contributed by atoms with Gasteiger partial charge in [-0.25, -0.2) is 9.78 Å². The van der Waals surface area contributed by atoms with Crippen molar-refractivity contribution in [2.75, 3.05) is 5.32 Å². The Labute approximate surface area is 124 Å². The number of nitrogens with one attached hydrogen (secondary N) is 1. The summed E-state index contributed by atoms with van der Waals surface area (Å²) in [6.07, 6.45) is 0. The minimum absolute atomic E-state index is 0.148. The van der Waals surface area contributed by atoms with Gasteiger partial charge in [-0.15, -0.1) is 0 Å². The van der Waals surface area contributed by atoms with Crippen LogP contribution in [0.4, 0.5) is 17.2 Å². The smallest absolute Gasteiger partial charge is 0.354 e. The van der Waals surface area contributed by atoms with E-state index in [1.54, 1.807) is 25.1 Å². The second-order valence-corrected chi connectivity index (χ2v) is 4.65. The zero-order chi connectivity index (χ0) is 15.6. The maximum absolute atomic E-state index is 11.0. The van der Waals surface area contributed by atoms with E-state index < -0.39 is 10.9 Å². The van der Waals surface area contributed by atoms with Gasteiger partial charge >= 0.3 is 11.7 Å². The number of carboxylic acids is 1. The number of carbonyl (C=O) groups is 1. The molecule has 7 nitrogen and oxygen atoms in total. The van der Waals surface area contributed by atoms with Crippen LogP contribution < -0.4 is 5.32 Å². The lowest BCUT2D eigenvalue weighted by molar-refractivity contribution is -0.384. The van der Waals surface area contributed by atoms with Gasteiger partial charge in [0.1, 0.15) is 0 Å². The fourth-order valence-corrected chi connectivity index (χ4v) is 1.84. The molecule has 108 valence electrons. The first-order valence-corrected chi connectivity index (χ1v) is 6.18. The van der Waals surface area contributed by atoms with E-state index in [0.717, 1.165) is 17.7 Å². The number of nitro groups is 1. The third kappa shape index (κ3) is 3.26. The van der Waals surface area contributed by atoms with Crippen molar-refractivity contribution in [3.05, 3.63) is 56.7 Å². The molecule has 2 aromatic rings. The molecule has 0 aliphatic carbocycles. The van der Waals surface area contributed by atoms with Gasteiger partial charge in [-0.3, -0.25) is 10.1 Å². The average molecular weight is 308 g/mol. The molecule has 0 saturated carbocycles. The molecular formula is C13H10ClN3O4. The van der Waals surface area contributed by atoms with E-state index in [1.807, 2.05) is 0 Å². The number of carboxylic acid groups (broad SMARTS) is 1. The SMILES string of the molecule is Cc1ccc(Cl)cc1Nc1nc(C(=O)O)ccc1[N+](=O)[O-]. The van der Waals surface area contributed by atoms with Crippen LogP contribution >= 0.6 is 11.6 Å². The highest BCUT2D eigenvalue weighted by molar-refractivity contribution is 6.30. The minimum atomic E-state index is -1.27. The van der Waals surface area contributed by atoms with Gasteiger partial charge in [-0.2, -0.15) is 0 Å². The standard InChI is InChI=1S/C13H10ClN3O4/c1-7-2-3-8(14)6-10(7)16-12-11(17(20)21)5-4-9(15-12)13(18)19/h2-6H,1H3,(H,15,16)(H,18,19). The summed E-state index contributed by atoms with van der Waals surface area (Å²) in [5.74, 6) is -1.42. The Kier molecular flexibility index (Phi) is 4.04. The highest BCUT2D eigenvalue weighted by Crippen LogP contribution is 2.29. The molecule has 0 saturated heterocycles. The zero-order valence-electron chi connectivity index (χ0n) is 10.8. The van der Waals surface area contributed by atoms with Gasteiger partial charge in [0.2, 0.25) is 5.82 Å². The maximum atomic E-state index is 11.0. The summed E-state index contributed by atoms with van der Waals surface area (Å²) in [6.45, 7) is 1.78. The maximum Gasteiger partial charge on any atom is 0.354 e. The number of nitrogens with zero attached hydrogens (tertiary/aromatic N) is 2. The summed E-state index contributed by atoms with van der Waals surface area (Å²) in [4.78, 5) is 25.0. The third-order valence-electron chi connectivity index (χ3n) is 2.74. The fraction of sp³-hybridized carbons (Fsp3) is 0.0769. The summed E-state index contributed by atoms with van der Waals surface area (Å²) in [6, 6.07) is 7.17. The molecule has 0 fully saturated rings. The molecule has 0 unspecified atom stereocenters. The fourth-order valence-electron chi connectivity index (χ4n) is 1.67. The molecule has 2 rings (SSSR count). The number of hydrogen-bond acceptors (Lipinski definition) is 5. The van der Waals surface area contributed by atoms with Crippen molar-refractivity contribution in [1.82, 2.24) is 4.98 Å². The molecule has 1 heterocycles. The van der Waals surface area contributed by atoms with Crippen LogP contribution in [0.15, 0.2) is 30.3 Å². The Balaban J connectivity index is 2.50. The van der Waals surface area contributed by atoms with Crippen molar-refractivity contribution >= 4 is 34.8 Å². The van der Waals surface area contributed by atoms with Crippen molar-refractivity contribution in [3.8, 4) is 0 Å². The predicted octanol–water partition coefficient (Wildman–Crippen LogP) is 3.39. The number of anilines is 2. The molecule has 0 bridgehead atoms. The van der Waals surface area contributed by atoms with E-state index in [9.17, 15) is 14.9 Å². The normalized spacial score (nSPS) is 10.2. The summed E-state index contributed by atoms with van der Waals surface area (Å²) >= 11 is 5.88. The summed E-state index contributed by atoms with van der Waals surface area (Å²) < 4.78 is 0. The topological polar surface area (TPSA) is 105 Å². The van der Waals surface area contributed by atoms with E-state index in [1.165, 1.54) is 0 Å². The molecule has 0 aliphatic rings. The number of aryl methyl sites for hydroxylation is 1. The van der Waals surface area contributed by atoms with Crippen LogP contribution in [-0.2, 0) is 0 Å². The molecule has 8 heteroatoms. The first-order chi connectivity index (χ1) is 9.88. The van der Waals surface area contributed by atoms with Gasteiger partial charge in [0.25, 0.3) is 0 Å². The molecule has 1 aromatic heterocycles. The zero-order valence-corrected chi connectivity index (χ0v) is 11.6. The lowest BCUT2D eigenvalue weighted by Crippen LogP contribution is -2.06. The van der Waals surface area contributed by atoms with E-state index in [0.29, 0.717) is 10.7 Å². The summed E-state index contributed by atoms with van der Waals surface area (Å²) in [5, 5.41) is 23.1. The molecule has 21 heavy (non-hydrogen) atoms. The van der Waals surface area contributed by atoms with Gasteiger partial charge in [-0.1, -0.05) is 17.7 Å². The first-order valence-electron chi connectivity index (χ1n) is 5.80. The quantitative estimate of drug-likeness (QED) is 0.662. The van der Waals surface area contributed by atoms with Crippen molar-refractivity contribution in [1.29, 1.82) is 0 Å². The van der Waals surface area contributed by atoms with Gasteiger partial charge < -0.3 is 10.4 Å². The molecule has 0 radical (unpaired) electrons. The number of pyridine rings is 1. The van der Waals surface area contributed by atoms with Crippen molar-refractivity contribution in [2.45, 2.75) is 6.92 Å². The molecule has 1 aromatic carbocycles.